The molecule has 0 bridgehead atoms. The Bertz CT molecular complexity index is 517. The molecule has 0 saturated heterocycles. The fourth-order valence-electron chi connectivity index (χ4n) is 2.18. The molecule has 1 amide bonds. The quantitative estimate of drug-likeness (QED) is 0.791. The maximum Gasteiger partial charge on any atom is 0.253 e. The van der Waals surface area contributed by atoms with Crippen LogP contribution >= 0.6 is 0 Å². The van der Waals surface area contributed by atoms with E-state index in [9.17, 15) is 4.79 Å². The number of pyridine rings is 1. The molecular weight excluding hydrogens is 264 g/mol. The van der Waals surface area contributed by atoms with Gasteiger partial charge in [0.1, 0.15) is 0 Å². The molecule has 0 aliphatic rings. The number of aliphatic hydroxyl groups excluding tert-OH is 1. The van der Waals surface area contributed by atoms with Crippen LogP contribution in [0.15, 0.2) is 18.5 Å². The normalized spacial score (nSPS) is 10.7. The van der Waals surface area contributed by atoms with Gasteiger partial charge in [0.2, 0.25) is 0 Å². The van der Waals surface area contributed by atoms with E-state index < -0.39 is 0 Å². The van der Waals surface area contributed by atoms with Crippen LogP contribution in [-0.2, 0) is 0 Å². The monoisotopic (exact) mass is 288 g/mol. The van der Waals surface area contributed by atoms with Gasteiger partial charge in [0.15, 0.2) is 0 Å². The second-order valence-electron chi connectivity index (χ2n) is 5.03. The Morgan fingerprint density at radius 3 is 2.52 bits per heavy atom. The van der Waals surface area contributed by atoms with Crippen molar-refractivity contribution in [3.8, 4) is 11.8 Å². The molecule has 0 aliphatic heterocycles. The van der Waals surface area contributed by atoms with Crippen molar-refractivity contribution in [2.24, 2.45) is 0 Å². The molecule has 1 heterocycles. The van der Waals surface area contributed by atoms with E-state index in [1.165, 1.54) is 0 Å². The highest BCUT2D eigenvalue weighted by atomic mass is 16.2. The molecule has 1 aromatic heterocycles. The number of aromatic nitrogens is 1. The molecule has 0 radical (unpaired) electrons. The van der Waals surface area contributed by atoms with Gasteiger partial charge in [-0.25, -0.2) is 0 Å². The summed E-state index contributed by atoms with van der Waals surface area (Å²) in [6, 6.07) is 1.73. The van der Waals surface area contributed by atoms with Crippen molar-refractivity contribution in [3.05, 3.63) is 29.6 Å². The van der Waals surface area contributed by atoms with Gasteiger partial charge in [-0.15, -0.1) is 0 Å². The van der Waals surface area contributed by atoms with E-state index >= 15 is 0 Å². The van der Waals surface area contributed by atoms with E-state index in [4.69, 9.17) is 5.11 Å². The maximum absolute atomic E-state index is 12.4. The van der Waals surface area contributed by atoms with E-state index in [1.807, 2.05) is 0 Å². The lowest BCUT2D eigenvalue weighted by molar-refractivity contribution is 0.0888. The van der Waals surface area contributed by atoms with Crippen molar-refractivity contribution in [1.29, 1.82) is 0 Å². The van der Waals surface area contributed by atoms with E-state index in [-0.39, 0.29) is 18.1 Å². The number of hydrogen-bond acceptors (Lipinski definition) is 3. The van der Waals surface area contributed by atoms with Crippen LogP contribution in [0, 0.1) is 11.8 Å². The van der Waals surface area contributed by atoms with Crippen LogP contribution in [0.2, 0.25) is 0 Å². The minimum Gasteiger partial charge on any atom is -0.395 e. The van der Waals surface area contributed by atoms with Crippen molar-refractivity contribution in [2.75, 3.05) is 6.61 Å². The van der Waals surface area contributed by atoms with Crippen LogP contribution in [-0.4, -0.2) is 28.1 Å². The Morgan fingerprint density at radius 2 is 1.95 bits per heavy atom. The van der Waals surface area contributed by atoms with Gasteiger partial charge in [0, 0.05) is 29.9 Å². The summed E-state index contributed by atoms with van der Waals surface area (Å²) in [5, 5.41) is 11.8. The summed E-state index contributed by atoms with van der Waals surface area (Å²) in [4.78, 5) is 16.4. The standard InChI is InChI=1S/C17H24N2O2/c1-4-17(5-2,6-3)19-16(21)15-11-14(12-18-13-15)9-7-8-10-20/h11-13,20H,4-6,8,10H2,1-3H3,(H,19,21). The third-order valence-electron chi connectivity index (χ3n) is 3.88. The first kappa shape index (κ1) is 17.2. The fourth-order valence-corrected chi connectivity index (χ4v) is 2.18. The topological polar surface area (TPSA) is 62.2 Å². The predicted molar refractivity (Wildman–Crippen MR) is 83.9 cm³/mol. The number of aliphatic hydroxyl groups is 1. The average molecular weight is 288 g/mol. The SMILES string of the molecule is CCC(CC)(CC)NC(=O)c1cncc(C#CCCO)c1. The summed E-state index contributed by atoms with van der Waals surface area (Å²) in [5.41, 5.74) is 1.05. The maximum atomic E-state index is 12.4. The lowest BCUT2D eigenvalue weighted by Gasteiger charge is -2.31. The van der Waals surface area contributed by atoms with E-state index in [0.717, 1.165) is 19.3 Å². The van der Waals surface area contributed by atoms with Gasteiger partial charge in [-0.1, -0.05) is 32.6 Å². The third-order valence-corrected chi connectivity index (χ3v) is 3.88. The van der Waals surface area contributed by atoms with Crippen molar-refractivity contribution < 1.29 is 9.90 Å². The van der Waals surface area contributed by atoms with Gasteiger partial charge in [-0.05, 0) is 25.3 Å². The summed E-state index contributed by atoms with van der Waals surface area (Å²) >= 11 is 0. The minimum atomic E-state index is -0.157. The van der Waals surface area contributed by atoms with Gasteiger partial charge < -0.3 is 10.4 Å². The number of nitrogens with one attached hydrogen (secondary N) is 1. The third kappa shape index (κ3) is 4.87. The number of hydrogen-bond donors (Lipinski definition) is 2. The zero-order chi connectivity index (χ0) is 15.7. The van der Waals surface area contributed by atoms with Gasteiger partial charge in [-0.2, -0.15) is 0 Å². The van der Waals surface area contributed by atoms with Gasteiger partial charge >= 0.3 is 0 Å². The molecule has 0 aliphatic carbocycles. The fraction of sp³-hybridized carbons (Fsp3) is 0.529. The number of carbonyl (C=O) groups is 1. The number of nitrogens with zero attached hydrogens (tertiary/aromatic N) is 1. The molecule has 4 heteroatoms. The van der Waals surface area contributed by atoms with E-state index in [1.54, 1.807) is 18.5 Å². The minimum absolute atomic E-state index is 0.0344. The molecule has 4 nitrogen and oxygen atoms in total. The highest BCUT2D eigenvalue weighted by Gasteiger charge is 2.26. The number of rotatable bonds is 6. The Labute approximate surface area is 127 Å². The van der Waals surface area contributed by atoms with Crippen LogP contribution in [0.1, 0.15) is 62.4 Å². The zero-order valence-electron chi connectivity index (χ0n) is 13.1. The number of amides is 1. The lowest BCUT2D eigenvalue weighted by atomic mass is 9.89. The summed E-state index contributed by atoms with van der Waals surface area (Å²) in [6.45, 7) is 6.29. The number of carbonyl (C=O) groups excluding carboxylic acids is 1. The molecule has 1 rings (SSSR count). The van der Waals surface area contributed by atoms with Crippen molar-refractivity contribution in [3.63, 3.8) is 0 Å². The molecule has 0 saturated carbocycles. The Kier molecular flexibility index (Phi) is 6.90. The predicted octanol–water partition coefficient (Wildman–Crippen LogP) is 2.51. The first-order valence-corrected chi connectivity index (χ1v) is 7.48. The van der Waals surface area contributed by atoms with Gasteiger partial charge in [-0.3, -0.25) is 9.78 Å². The molecule has 21 heavy (non-hydrogen) atoms. The molecular formula is C17H24N2O2. The lowest BCUT2D eigenvalue weighted by Crippen LogP contribution is -2.47. The highest BCUT2D eigenvalue weighted by Crippen LogP contribution is 2.20. The highest BCUT2D eigenvalue weighted by molar-refractivity contribution is 5.94. The molecule has 0 fully saturated rings. The molecule has 1 aromatic rings. The Balaban J connectivity index is 2.88. The molecule has 2 N–H and O–H groups in total. The second-order valence-corrected chi connectivity index (χ2v) is 5.03. The summed E-state index contributed by atoms with van der Waals surface area (Å²) < 4.78 is 0. The average Bonchev–Trinajstić information content (AvgIpc) is 2.53. The Morgan fingerprint density at radius 1 is 1.29 bits per heavy atom. The first-order chi connectivity index (χ1) is 10.1. The zero-order valence-corrected chi connectivity index (χ0v) is 13.1. The van der Waals surface area contributed by atoms with Crippen LogP contribution < -0.4 is 5.32 Å². The first-order valence-electron chi connectivity index (χ1n) is 7.48. The summed E-state index contributed by atoms with van der Waals surface area (Å²) in [5.74, 6) is 5.61. The molecule has 0 atom stereocenters. The molecule has 0 aromatic carbocycles. The smallest absolute Gasteiger partial charge is 0.253 e. The van der Waals surface area contributed by atoms with Crippen LogP contribution in [0.25, 0.3) is 0 Å². The van der Waals surface area contributed by atoms with Crippen LogP contribution in [0.3, 0.4) is 0 Å². The summed E-state index contributed by atoms with van der Waals surface area (Å²) in [7, 11) is 0. The largest absolute Gasteiger partial charge is 0.395 e. The van der Waals surface area contributed by atoms with Crippen molar-refractivity contribution >= 4 is 5.91 Å². The van der Waals surface area contributed by atoms with E-state index in [2.05, 4.69) is 42.9 Å². The van der Waals surface area contributed by atoms with Gasteiger partial charge in [0.25, 0.3) is 5.91 Å². The van der Waals surface area contributed by atoms with E-state index in [0.29, 0.717) is 17.5 Å². The molecule has 0 unspecified atom stereocenters. The van der Waals surface area contributed by atoms with Crippen molar-refractivity contribution in [1.82, 2.24) is 10.3 Å². The molecule has 0 spiro atoms. The second kappa shape index (κ2) is 8.43. The Hall–Kier alpha value is -1.86. The van der Waals surface area contributed by atoms with Crippen LogP contribution in [0.5, 0.6) is 0 Å². The molecule has 114 valence electrons. The summed E-state index contributed by atoms with van der Waals surface area (Å²) in [6.07, 6.45) is 6.28. The van der Waals surface area contributed by atoms with Gasteiger partial charge in [0.05, 0.1) is 12.2 Å². The van der Waals surface area contributed by atoms with Crippen LogP contribution in [0.4, 0.5) is 0 Å². The van der Waals surface area contributed by atoms with Crippen molar-refractivity contribution in [2.45, 2.75) is 52.0 Å².